The van der Waals surface area contributed by atoms with E-state index in [0.29, 0.717) is 12.0 Å². The molecule has 0 amide bonds. The number of hydrogen-bond donors (Lipinski definition) is 1. The molecule has 1 rings (SSSR count). The number of nitrogens with zero attached hydrogens (tertiary/aromatic N) is 1. The Balaban J connectivity index is 2.58. The lowest BCUT2D eigenvalue weighted by molar-refractivity contribution is 0.0183. The Morgan fingerprint density at radius 2 is 2.13 bits per heavy atom. The van der Waals surface area contributed by atoms with Crippen molar-refractivity contribution in [3.8, 4) is 0 Å². The maximum atomic E-state index is 5.89. The van der Waals surface area contributed by atoms with Crippen molar-refractivity contribution < 1.29 is 4.74 Å². The van der Waals surface area contributed by atoms with Crippen molar-refractivity contribution in [2.45, 2.75) is 39.7 Å². The monoisotopic (exact) mass is 214 g/mol. The van der Waals surface area contributed by atoms with Gasteiger partial charge < -0.3 is 10.5 Å². The van der Waals surface area contributed by atoms with E-state index in [2.05, 4.69) is 25.7 Å². The van der Waals surface area contributed by atoms with Gasteiger partial charge >= 0.3 is 0 Å². The van der Waals surface area contributed by atoms with Crippen molar-refractivity contribution in [2.75, 3.05) is 32.8 Å². The second kappa shape index (κ2) is 4.81. The molecule has 1 saturated heterocycles. The Morgan fingerprint density at radius 1 is 1.47 bits per heavy atom. The fourth-order valence-corrected chi connectivity index (χ4v) is 2.17. The summed E-state index contributed by atoms with van der Waals surface area (Å²) in [6.45, 7) is 13.4. The van der Waals surface area contributed by atoms with Crippen molar-refractivity contribution in [2.24, 2.45) is 11.1 Å². The van der Waals surface area contributed by atoms with E-state index >= 15 is 0 Å². The molecule has 0 aliphatic carbocycles. The fraction of sp³-hybridized carbons (Fsp3) is 1.00. The van der Waals surface area contributed by atoms with Crippen LogP contribution in [0.25, 0.3) is 0 Å². The number of hydrogen-bond acceptors (Lipinski definition) is 3. The molecular weight excluding hydrogens is 188 g/mol. The van der Waals surface area contributed by atoms with Crippen LogP contribution >= 0.6 is 0 Å². The van der Waals surface area contributed by atoms with Crippen molar-refractivity contribution in [3.05, 3.63) is 0 Å². The Labute approximate surface area is 94.0 Å². The molecule has 0 saturated carbocycles. The second-order valence-corrected chi connectivity index (χ2v) is 5.67. The summed E-state index contributed by atoms with van der Waals surface area (Å²) in [5, 5.41) is 0. The molecule has 0 bridgehead atoms. The third-order valence-electron chi connectivity index (χ3n) is 3.50. The summed E-state index contributed by atoms with van der Waals surface area (Å²) in [5.41, 5.74) is 6.35. The predicted octanol–water partition coefficient (Wildman–Crippen LogP) is 1.47. The van der Waals surface area contributed by atoms with Crippen molar-refractivity contribution in [1.29, 1.82) is 0 Å². The Morgan fingerprint density at radius 3 is 2.53 bits per heavy atom. The van der Waals surface area contributed by atoms with Crippen LogP contribution in [-0.2, 0) is 4.74 Å². The highest BCUT2D eigenvalue weighted by atomic mass is 16.5. The summed E-state index contributed by atoms with van der Waals surface area (Å²) < 4.78 is 5.55. The van der Waals surface area contributed by atoms with Crippen LogP contribution in [0.15, 0.2) is 0 Å². The molecule has 2 N–H and O–H groups in total. The lowest BCUT2D eigenvalue weighted by Gasteiger charge is -2.38. The van der Waals surface area contributed by atoms with E-state index in [1.54, 1.807) is 0 Å². The topological polar surface area (TPSA) is 38.5 Å². The average Bonchev–Trinajstić information content (AvgIpc) is 2.56. The first-order chi connectivity index (χ1) is 6.93. The lowest BCUT2D eigenvalue weighted by atomic mass is 9.92. The van der Waals surface area contributed by atoms with E-state index in [1.807, 2.05) is 6.92 Å². The zero-order valence-electron chi connectivity index (χ0n) is 10.7. The van der Waals surface area contributed by atoms with Crippen LogP contribution in [0.5, 0.6) is 0 Å². The third kappa shape index (κ3) is 3.16. The first kappa shape index (κ1) is 12.9. The summed E-state index contributed by atoms with van der Waals surface area (Å²) in [4.78, 5) is 2.49. The highest BCUT2D eigenvalue weighted by Gasteiger charge is 2.39. The molecule has 1 fully saturated rings. The van der Waals surface area contributed by atoms with Crippen LogP contribution in [0, 0.1) is 5.41 Å². The van der Waals surface area contributed by atoms with Gasteiger partial charge in [-0.2, -0.15) is 0 Å². The minimum atomic E-state index is 0.0176. The molecule has 1 aliphatic rings. The molecule has 0 spiro atoms. The van der Waals surface area contributed by atoms with Gasteiger partial charge in [-0.3, -0.25) is 4.90 Å². The molecule has 1 aliphatic heterocycles. The third-order valence-corrected chi connectivity index (χ3v) is 3.50. The molecule has 90 valence electrons. The summed E-state index contributed by atoms with van der Waals surface area (Å²) in [6.07, 6.45) is 1.26. The van der Waals surface area contributed by atoms with Crippen molar-refractivity contribution in [1.82, 2.24) is 4.90 Å². The van der Waals surface area contributed by atoms with Gasteiger partial charge in [0.05, 0.1) is 12.1 Å². The molecule has 0 aromatic heterocycles. The van der Waals surface area contributed by atoms with Gasteiger partial charge in [-0.15, -0.1) is 0 Å². The van der Waals surface area contributed by atoms with Crippen LogP contribution < -0.4 is 5.73 Å². The van der Waals surface area contributed by atoms with E-state index in [1.165, 1.54) is 6.42 Å². The van der Waals surface area contributed by atoms with Gasteiger partial charge in [0, 0.05) is 19.7 Å². The second-order valence-electron chi connectivity index (χ2n) is 5.67. The molecule has 1 heterocycles. The van der Waals surface area contributed by atoms with Gasteiger partial charge in [0.15, 0.2) is 0 Å². The number of nitrogens with two attached hydrogens (primary N) is 1. The summed E-state index contributed by atoms with van der Waals surface area (Å²) in [6, 6.07) is 0. The van der Waals surface area contributed by atoms with Crippen LogP contribution in [0.1, 0.15) is 34.1 Å². The van der Waals surface area contributed by atoms with Crippen LogP contribution in [0.3, 0.4) is 0 Å². The minimum Gasteiger partial charge on any atom is -0.380 e. The zero-order chi connectivity index (χ0) is 11.5. The highest BCUT2D eigenvalue weighted by molar-refractivity contribution is 4.94. The van der Waals surface area contributed by atoms with E-state index < -0.39 is 0 Å². The van der Waals surface area contributed by atoms with Gasteiger partial charge in [-0.25, -0.2) is 0 Å². The van der Waals surface area contributed by atoms with Crippen LogP contribution in [0.2, 0.25) is 0 Å². The summed E-state index contributed by atoms with van der Waals surface area (Å²) in [7, 11) is 0. The summed E-state index contributed by atoms with van der Waals surface area (Å²) in [5.74, 6) is 0. The molecule has 1 atom stereocenters. The molecule has 3 nitrogen and oxygen atoms in total. The maximum Gasteiger partial charge on any atom is 0.0659 e. The smallest absolute Gasteiger partial charge is 0.0659 e. The first-order valence-corrected chi connectivity index (χ1v) is 5.96. The first-order valence-electron chi connectivity index (χ1n) is 5.96. The van der Waals surface area contributed by atoms with Gasteiger partial charge in [0.1, 0.15) is 0 Å². The largest absolute Gasteiger partial charge is 0.380 e. The van der Waals surface area contributed by atoms with Crippen LogP contribution in [0.4, 0.5) is 0 Å². The van der Waals surface area contributed by atoms with Crippen molar-refractivity contribution >= 4 is 0 Å². The van der Waals surface area contributed by atoms with E-state index in [0.717, 1.165) is 26.3 Å². The molecule has 1 unspecified atom stereocenters. The number of likely N-dealkylation sites (tertiary alicyclic amines) is 1. The molecular formula is C12H26N2O. The number of rotatable bonds is 5. The molecule has 0 radical (unpaired) electrons. The quantitative estimate of drug-likeness (QED) is 0.753. The Kier molecular flexibility index (Phi) is 4.15. The fourth-order valence-electron chi connectivity index (χ4n) is 2.17. The SMILES string of the molecule is CCOCC(C)(CN)N1CCC(C)(C)C1. The number of ether oxygens (including phenoxy) is 1. The Bertz CT molecular complexity index is 206. The van der Waals surface area contributed by atoms with E-state index in [9.17, 15) is 0 Å². The maximum absolute atomic E-state index is 5.89. The molecule has 15 heavy (non-hydrogen) atoms. The summed E-state index contributed by atoms with van der Waals surface area (Å²) >= 11 is 0. The Hall–Kier alpha value is -0.120. The molecule has 0 aromatic carbocycles. The van der Waals surface area contributed by atoms with E-state index in [4.69, 9.17) is 10.5 Å². The van der Waals surface area contributed by atoms with Gasteiger partial charge in [-0.1, -0.05) is 13.8 Å². The normalized spacial score (nSPS) is 25.4. The lowest BCUT2D eigenvalue weighted by Crippen LogP contribution is -2.54. The standard InChI is InChI=1S/C12H26N2O/c1-5-15-10-12(4,8-13)14-7-6-11(2,3)9-14/h5-10,13H2,1-4H3. The molecule has 0 aromatic rings. The van der Waals surface area contributed by atoms with E-state index in [-0.39, 0.29) is 5.54 Å². The average molecular weight is 214 g/mol. The van der Waals surface area contributed by atoms with Gasteiger partial charge in [-0.05, 0) is 32.2 Å². The highest BCUT2D eigenvalue weighted by Crippen LogP contribution is 2.33. The zero-order valence-corrected chi connectivity index (χ0v) is 10.7. The van der Waals surface area contributed by atoms with Crippen molar-refractivity contribution in [3.63, 3.8) is 0 Å². The molecule has 3 heteroatoms. The predicted molar refractivity (Wildman–Crippen MR) is 63.9 cm³/mol. The van der Waals surface area contributed by atoms with Crippen LogP contribution in [-0.4, -0.2) is 43.3 Å². The van der Waals surface area contributed by atoms with Gasteiger partial charge in [0.25, 0.3) is 0 Å². The van der Waals surface area contributed by atoms with Gasteiger partial charge in [0.2, 0.25) is 0 Å². The minimum absolute atomic E-state index is 0.0176.